The summed E-state index contributed by atoms with van der Waals surface area (Å²) in [7, 11) is 0. The van der Waals surface area contributed by atoms with E-state index in [1.807, 2.05) is 25.1 Å². The number of hydrogen-bond donors (Lipinski definition) is 3. The van der Waals surface area contributed by atoms with Crippen LogP contribution in [0.4, 0.5) is 17.1 Å². The van der Waals surface area contributed by atoms with Crippen LogP contribution in [0.1, 0.15) is 16.7 Å². The van der Waals surface area contributed by atoms with Crippen LogP contribution >= 0.6 is 0 Å². The summed E-state index contributed by atoms with van der Waals surface area (Å²) in [4.78, 5) is 0. The molecule has 0 amide bonds. The summed E-state index contributed by atoms with van der Waals surface area (Å²) >= 11 is 0. The Hall–Kier alpha value is -2.65. The SMILES string of the molecule is Cc1cccc2c1CC2=NNc1ccc(N([O-])[O-])cc1N(O)O. The zero-order chi connectivity index (χ0) is 16.6. The Labute approximate surface area is 132 Å². The minimum absolute atomic E-state index is 0.160. The molecule has 120 valence electrons. The van der Waals surface area contributed by atoms with E-state index in [1.54, 1.807) is 0 Å². The highest BCUT2D eigenvalue weighted by atomic mass is 16.8. The number of anilines is 3. The van der Waals surface area contributed by atoms with Crippen molar-refractivity contribution in [1.82, 2.24) is 0 Å². The van der Waals surface area contributed by atoms with E-state index in [0.29, 0.717) is 0 Å². The van der Waals surface area contributed by atoms with Gasteiger partial charge in [-0.25, -0.2) is 0 Å². The molecule has 0 fully saturated rings. The largest absolute Gasteiger partial charge is 0.769 e. The van der Waals surface area contributed by atoms with Crippen molar-refractivity contribution in [2.45, 2.75) is 13.3 Å². The molecular weight excluding hydrogens is 300 g/mol. The van der Waals surface area contributed by atoms with Crippen LogP contribution in [-0.2, 0) is 6.42 Å². The van der Waals surface area contributed by atoms with Gasteiger partial charge in [0, 0.05) is 17.7 Å². The molecule has 3 N–H and O–H groups in total. The van der Waals surface area contributed by atoms with Crippen molar-refractivity contribution in [2.75, 3.05) is 15.9 Å². The lowest BCUT2D eigenvalue weighted by Crippen LogP contribution is -2.22. The second-order valence-electron chi connectivity index (χ2n) is 5.20. The van der Waals surface area contributed by atoms with Crippen molar-refractivity contribution >= 4 is 22.8 Å². The van der Waals surface area contributed by atoms with Gasteiger partial charge in [-0.1, -0.05) is 18.2 Å². The quantitative estimate of drug-likeness (QED) is 0.743. The fourth-order valence-electron chi connectivity index (χ4n) is 2.48. The van der Waals surface area contributed by atoms with E-state index < -0.39 is 5.23 Å². The van der Waals surface area contributed by atoms with Crippen molar-refractivity contribution < 1.29 is 10.4 Å². The normalized spacial score (nSPS) is 14.2. The number of nitrogens with one attached hydrogen (secondary N) is 1. The van der Waals surface area contributed by atoms with Crippen LogP contribution in [0.2, 0.25) is 0 Å². The maximum atomic E-state index is 10.8. The molecule has 0 heterocycles. The van der Waals surface area contributed by atoms with Gasteiger partial charge in [0.05, 0.1) is 11.4 Å². The number of benzene rings is 2. The first-order chi connectivity index (χ1) is 11.0. The molecule has 3 rings (SSSR count). The van der Waals surface area contributed by atoms with Crippen molar-refractivity contribution in [3.63, 3.8) is 0 Å². The minimum atomic E-state index is -0.617. The molecule has 0 radical (unpaired) electrons. The first-order valence-electron chi connectivity index (χ1n) is 6.85. The highest BCUT2D eigenvalue weighted by Crippen LogP contribution is 2.31. The molecule has 8 heteroatoms. The Morgan fingerprint density at radius 1 is 1.17 bits per heavy atom. The minimum Gasteiger partial charge on any atom is -0.769 e. The molecule has 0 spiro atoms. The molecule has 0 aromatic heterocycles. The third kappa shape index (κ3) is 2.83. The molecule has 0 bridgehead atoms. The monoisotopic (exact) mass is 314 g/mol. The van der Waals surface area contributed by atoms with Crippen molar-refractivity contribution in [3.8, 4) is 0 Å². The van der Waals surface area contributed by atoms with Gasteiger partial charge in [-0.05, 0) is 36.2 Å². The number of nitrogens with zero attached hydrogens (tertiary/aromatic N) is 3. The molecule has 23 heavy (non-hydrogen) atoms. The van der Waals surface area contributed by atoms with Gasteiger partial charge >= 0.3 is 0 Å². The Balaban J connectivity index is 1.85. The highest BCUT2D eigenvalue weighted by Gasteiger charge is 2.22. The summed E-state index contributed by atoms with van der Waals surface area (Å²) in [5.41, 5.74) is 6.89. The third-order valence-corrected chi connectivity index (χ3v) is 3.78. The fraction of sp³-hybridized carbons (Fsp3) is 0.133. The van der Waals surface area contributed by atoms with Crippen molar-refractivity contribution in [2.24, 2.45) is 5.10 Å². The predicted octanol–water partition coefficient (Wildman–Crippen LogP) is 2.75. The lowest BCUT2D eigenvalue weighted by Gasteiger charge is -2.38. The zero-order valence-electron chi connectivity index (χ0n) is 12.2. The van der Waals surface area contributed by atoms with E-state index in [4.69, 9.17) is 0 Å². The van der Waals surface area contributed by atoms with E-state index in [1.165, 1.54) is 23.3 Å². The average Bonchev–Trinajstić information content (AvgIpc) is 2.49. The van der Waals surface area contributed by atoms with E-state index >= 15 is 0 Å². The Kier molecular flexibility index (Phi) is 3.89. The molecule has 0 saturated heterocycles. The lowest BCUT2D eigenvalue weighted by atomic mass is 9.83. The van der Waals surface area contributed by atoms with Crippen LogP contribution in [0.15, 0.2) is 41.5 Å². The topological polar surface area (TPSA) is 117 Å². The van der Waals surface area contributed by atoms with Crippen LogP contribution in [0, 0.1) is 17.3 Å². The number of rotatable bonds is 4. The van der Waals surface area contributed by atoms with Crippen LogP contribution in [-0.4, -0.2) is 16.1 Å². The van der Waals surface area contributed by atoms with Gasteiger partial charge in [0.15, 0.2) is 0 Å². The molecule has 0 atom stereocenters. The summed E-state index contributed by atoms with van der Waals surface area (Å²) in [6.07, 6.45) is 0.722. The van der Waals surface area contributed by atoms with E-state index in [-0.39, 0.29) is 22.3 Å². The molecule has 2 aromatic carbocycles. The molecule has 1 aliphatic rings. The third-order valence-electron chi connectivity index (χ3n) is 3.78. The Morgan fingerprint density at radius 2 is 1.96 bits per heavy atom. The Bertz CT molecular complexity index is 774. The van der Waals surface area contributed by atoms with Crippen molar-refractivity contribution in [1.29, 1.82) is 0 Å². The van der Waals surface area contributed by atoms with Gasteiger partial charge in [-0.2, -0.15) is 5.10 Å². The first kappa shape index (κ1) is 15.3. The van der Waals surface area contributed by atoms with Gasteiger partial charge < -0.3 is 15.6 Å². The summed E-state index contributed by atoms with van der Waals surface area (Å²) in [6, 6.07) is 9.62. The number of fused-ring (bicyclic) bond motifs is 1. The second-order valence-corrected chi connectivity index (χ2v) is 5.20. The Morgan fingerprint density at radius 3 is 2.65 bits per heavy atom. The van der Waals surface area contributed by atoms with Crippen LogP contribution < -0.4 is 15.9 Å². The second kappa shape index (κ2) is 5.86. The average molecular weight is 314 g/mol. The van der Waals surface area contributed by atoms with Crippen LogP contribution in [0.25, 0.3) is 0 Å². The molecule has 2 aromatic rings. The maximum absolute atomic E-state index is 10.8. The zero-order valence-corrected chi connectivity index (χ0v) is 12.2. The van der Waals surface area contributed by atoms with Gasteiger partial charge in [0.25, 0.3) is 0 Å². The molecule has 1 aliphatic carbocycles. The maximum Gasteiger partial charge on any atom is 0.121 e. The molecule has 0 saturated carbocycles. The van der Waals surface area contributed by atoms with Gasteiger partial charge in [0.1, 0.15) is 5.69 Å². The summed E-state index contributed by atoms with van der Waals surface area (Å²) < 4.78 is 0. The molecule has 0 aliphatic heterocycles. The van der Waals surface area contributed by atoms with E-state index in [0.717, 1.165) is 23.8 Å². The fourth-order valence-corrected chi connectivity index (χ4v) is 2.48. The van der Waals surface area contributed by atoms with E-state index in [2.05, 4.69) is 10.5 Å². The summed E-state index contributed by atoms with van der Waals surface area (Å²) in [6.45, 7) is 2.03. The number of aryl methyl sites for hydroxylation is 1. The van der Waals surface area contributed by atoms with Crippen LogP contribution in [0.5, 0.6) is 0 Å². The van der Waals surface area contributed by atoms with Gasteiger partial charge in [-0.15, -0.1) is 5.23 Å². The molecule has 0 unspecified atom stereocenters. The highest BCUT2D eigenvalue weighted by molar-refractivity contribution is 6.11. The summed E-state index contributed by atoms with van der Waals surface area (Å²) in [5.74, 6) is 0. The van der Waals surface area contributed by atoms with Gasteiger partial charge in [0.2, 0.25) is 0 Å². The summed E-state index contributed by atoms with van der Waals surface area (Å²) in [5, 5.41) is 43.4. The van der Waals surface area contributed by atoms with Gasteiger partial charge in [-0.3, -0.25) is 15.8 Å². The molecule has 8 nitrogen and oxygen atoms in total. The van der Waals surface area contributed by atoms with Crippen LogP contribution in [0.3, 0.4) is 0 Å². The standard InChI is InChI=1S/C15H14N4O4/c1-9-3-2-4-11-12(9)8-14(11)17-16-13-6-5-10(18(20)21)7-15(13)19(22)23/h2-7,16,22-23H,8H2,1H3/q-2. The number of hydrogen-bond acceptors (Lipinski definition) is 8. The molecular formula is C15H14N4O4-2. The van der Waals surface area contributed by atoms with E-state index in [9.17, 15) is 20.8 Å². The number of hydrazone groups is 1. The van der Waals surface area contributed by atoms with Crippen molar-refractivity contribution in [3.05, 3.63) is 63.5 Å². The first-order valence-corrected chi connectivity index (χ1v) is 6.85. The predicted molar refractivity (Wildman–Crippen MR) is 86.7 cm³/mol. The smallest absolute Gasteiger partial charge is 0.121 e. The lowest BCUT2D eigenvalue weighted by molar-refractivity contribution is 0.0295.